The highest BCUT2D eigenvalue weighted by atomic mass is 19.1. The molecular formula is C14H14FNO2. The van der Waals surface area contributed by atoms with Crippen molar-refractivity contribution >= 4 is 0 Å². The van der Waals surface area contributed by atoms with Crippen LogP contribution in [0, 0.1) is 12.7 Å². The lowest BCUT2D eigenvalue weighted by molar-refractivity contribution is 0.195. The molecule has 0 bridgehead atoms. The highest BCUT2D eigenvalue weighted by molar-refractivity contribution is 5.40. The Balaban J connectivity index is 2.37. The Kier molecular flexibility index (Phi) is 3.58. The molecule has 0 saturated heterocycles. The standard InChI is InChI=1S/C14H14FNO2/c1-9-13(4-3-7-16-9)18-14-6-5-11(15)8-12(14)10(2)17/h3-8,10,17H,1-2H3. The van der Waals surface area contributed by atoms with Gasteiger partial charge in [-0.2, -0.15) is 0 Å². The van der Waals surface area contributed by atoms with E-state index in [9.17, 15) is 9.50 Å². The van der Waals surface area contributed by atoms with Crippen LogP contribution in [0.15, 0.2) is 36.5 Å². The molecule has 4 heteroatoms. The molecule has 94 valence electrons. The van der Waals surface area contributed by atoms with Crippen molar-refractivity contribution in [2.45, 2.75) is 20.0 Å². The van der Waals surface area contributed by atoms with E-state index >= 15 is 0 Å². The maximum absolute atomic E-state index is 13.1. The van der Waals surface area contributed by atoms with Crippen LogP contribution in [0.2, 0.25) is 0 Å². The Bertz CT molecular complexity index is 555. The molecule has 0 aliphatic carbocycles. The van der Waals surface area contributed by atoms with Crippen LogP contribution in [0.4, 0.5) is 4.39 Å². The zero-order chi connectivity index (χ0) is 13.1. The summed E-state index contributed by atoms with van der Waals surface area (Å²) in [6.45, 7) is 3.39. The third kappa shape index (κ3) is 2.65. The van der Waals surface area contributed by atoms with E-state index in [0.717, 1.165) is 5.69 Å². The first kappa shape index (κ1) is 12.5. The molecule has 0 spiro atoms. The lowest BCUT2D eigenvalue weighted by Gasteiger charge is -2.14. The van der Waals surface area contributed by atoms with Crippen molar-refractivity contribution in [3.8, 4) is 11.5 Å². The number of nitrogens with zero attached hydrogens (tertiary/aromatic N) is 1. The summed E-state index contributed by atoms with van der Waals surface area (Å²) in [5.74, 6) is 0.620. The van der Waals surface area contributed by atoms with Gasteiger partial charge in [-0.25, -0.2) is 4.39 Å². The molecule has 0 saturated carbocycles. The Morgan fingerprint density at radius 1 is 1.28 bits per heavy atom. The molecule has 0 radical (unpaired) electrons. The van der Waals surface area contributed by atoms with Gasteiger partial charge in [-0.1, -0.05) is 0 Å². The first-order valence-corrected chi connectivity index (χ1v) is 5.65. The number of ether oxygens (including phenoxy) is 1. The van der Waals surface area contributed by atoms with Crippen LogP contribution in [0.5, 0.6) is 11.5 Å². The fourth-order valence-electron chi connectivity index (χ4n) is 1.63. The Labute approximate surface area is 105 Å². The summed E-state index contributed by atoms with van der Waals surface area (Å²) in [6.07, 6.45) is 0.871. The molecule has 1 aromatic heterocycles. The molecule has 18 heavy (non-hydrogen) atoms. The minimum absolute atomic E-state index is 0.402. The summed E-state index contributed by atoms with van der Waals surface area (Å²) in [6, 6.07) is 7.61. The van der Waals surface area contributed by atoms with Crippen molar-refractivity contribution in [3.63, 3.8) is 0 Å². The Morgan fingerprint density at radius 2 is 2.06 bits per heavy atom. The maximum atomic E-state index is 13.1. The molecule has 1 heterocycles. The number of rotatable bonds is 3. The summed E-state index contributed by atoms with van der Waals surface area (Å²) < 4.78 is 18.8. The third-order valence-corrected chi connectivity index (χ3v) is 2.60. The number of hydrogen-bond donors (Lipinski definition) is 1. The molecular weight excluding hydrogens is 233 g/mol. The largest absolute Gasteiger partial charge is 0.455 e. The van der Waals surface area contributed by atoms with E-state index in [-0.39, 0.29) is 0 Å². The van der Waals surface area contributed by atoms with Crippen LogP contribution < -0.4 is 4.74 Å². The van der Waals surface area contributed by atoms with E-state index in [1.807, 2.05) is 6.92 Å². The number of pyridine rings is 1. The second kappa shape index (κ2) is 5.14. The van der Waals surface area contributed by atoms with Crippen LogP contribution >= 0.6 is 0 Å². The molecule has 1 unspecified atom stereocenters. The Hall–Kier alpha value is -1.94. The predicted octanol–water partition coefficient (Wildman–Crippen LogP) is 3.37. The van der Waals surface area contributed by atoms with Crippen molar-refractivity contribution in [2.24, 2.45) is 0 Å². The average molecular weight is 247 g/mol. The van der Waals surface area contributed by atoms with Gasteiger partial charge in [0.05, 0.1) is 11.8 Å². The molecule has 0 fully saturated rings. The van der Waals surface area contributed by atoms with Gasteiger partial charge in [-0.15, -0.1) is 0 Å². The van der Waals surface area contributed by atoms with Gasteiger partial charge in [0.15, 0.2) is 0 Å². The molecule has 0 aliphatic rings. The summed E-state index contributed by atoms with van der Waals surface area (Å²) >= 11 is 0. The van der Waals surface area contributed by atoms with Gasteiger partial charge in [0.1, 0.15) is 17.3 Å². The lowest BCUT2D eigenvalue weighted by atomic mass is 10.1. The average Bonchev–Trinajstić information content (AvgIpc) is 2.34. The van der Waals surface area contributed by atoms with Crippen molar-refractivity contribution < 1.29 is 14.2 Å². The smallest absolute Gasteiger partial charge is 0.148 e. The van der Waals surface area contributed by atoms with Crippen molar-refractivity contribution in [1.29, 1.82) is 0 Å². The summed E-state index contributed by atoms with van der Waals surface area (Å²) in [7, 11) is 0. The first-order valence-electron chi connectivity index (χ1n) is 5.65. The zero-order valence-corrected chi connectivity index (χ0v) is 10.2. The molecule has 0 aliphatic heterocycles. The number of aliphatic hydroxyl groups excluding tert-OH is 1. The number of benzene rings is 1. The normalized spacial score (nSPS) is 12.2. The van der Waals surface area contributed by atoms with E-state index < -0.39 is 11.9 Å². The number of hydrogen-bond acceptors (Lipinski definition) is 3. The van der Waals surface area contributed by atoms with Gasteiger partial charge < -0.3 is 9.84 Å². The van der Waals surface area contributed by atoms with E-state index in [2.05, 4.69) is 4.98 Å². The van der Waals surface area contributed by atoms with Crippen LogP contribution in [0.3, 0.4) is 0 Å². The molecule has 1 atom stereocenters. The Morgan fingerprint density at radius 3 is 2.72 bits per heavy atom. The number of halogens is 1. The molecule has 1 N–H and O–H groups in total. The van der Waals surface area contributed by atoms with Gasteiger partial charge in [0.2, 0.25) is 0 Å². The third-order valence-electron chi connectivity index (χ3n) is 2.60. The van der Waals surface area contributed by atoms with E-state index in [1.165, 1.54) is 18.2 Å². The van der Waals surface area contributed by atoms with Gasteiger partial charge in [0.25, 0.3) is 0 Å². The number of aryl methyl sites for hydroxylation is 1. The maximum Gasteiger partial charge on any atom is 0.148 e. The van der Waals surface area contributed by atoms with Gasteiger partial charge >= 0.3 is 0 Å². The fraction of sp³-hybridized carbons (Fsp3) is 0.214. The second-order valence-corrected chi connectivity index (χ2v) is 4.05. The van der Waals surface area contributed by atoms with Gasteiger partial charge in [0, 0.05) is 11.8 Å². The molecule has 0 amide bonds. The predicted molar refractivity (Wildman–Crippen MR) is 66.1 cm³/mol. The monoisotopic (exact) mass is 247 g/mol. The SMILES string of the molecule is Cc1ncccc1Oc1ccc(F)cc1C(C)O. The van der Waals surface area contributed by atoms with E-state index in [4.69, 9.17) is 4.74 Å². The molecule has 1 aromatic carbocycles. The van der Waals surface area contributed by atoms with E-state index in [1.54, 1.807) is 25.3 Å². The van der Waals surface area contributed by atoms with Crippen molar-refractivity contribution in [3.05, 3.63) is 53.6 Å². The highest BCUT2D eigenvalue weighted by Crippen LogP contribution is 2.31. The summed E-state index contributed by atoms with van der Waals surface area (Å²) in [5, 5.41) is 9.61. The number of aliphatic hydroxyl groups is 1. The molecule has 2 rings (SSSR count). The summed E-state index contributed by atoms with van der Waals surface area (Å²) in [5.41, 5.74) is 1.15. The first-order chi connectivity index (χ1) is 8.58. The van der Waals surface area contributed by atoms with Crippen LogP contribution in [-0.2, 0) is 0 Å². The van der Waals surface area contributed by atoms with Gasteiger partial charge in [-0.3, -0.25) is 4.98 Å². The van der Waals surface area contributed by atoms with Crippen LogP contribution in [0.1, 0.15) is 24.3 Å². The fourth-order valence-corrected chi connectivity index (χ4v) is 1.63. The number of aromatic nitrogens is 1. The van der Waals surface area contributed by atoms with Crippen LogP contribution in [0.25, 0.3) is 0 Å². The topological polar surface area (TPSA) is 42.4 Å². The van der Waals surface area contributed by atoms with Crippen molar-refractivity contribution in [2.75, 3.05) is 0 Å². The van der Waals surface area contributed by atoms with Crippen LogP contribution in [-0.4, -0.2) is 10.1 Å². The lowest BCUT2D eigenvalue weighted by Crippen LogP contribution is -1.98. The van der Waals surface area contributed by atoms with E-state index in [0.29, 0.717) is 17.1 Å². The minimum Gasteiger partial charge on any atom is -0.455 e. The second-order valence-electron chi connectivity index (χ2n) is 4.05. The molecule has 2 aromatic rings. The minimum atomic E-state index is -0.798. The molecule has 3 nitrogen and oxygen atoms in total. The quantitative estimate of drug-likeness (QED) is 0.904. The summed E-state index contributed by atoms with van der Waals surface area (Å²) in [4.78, 5) is 4.11. The van der Waals surface area contributed by atoms with Gasteiger partial charge in [-0.05, 0) is 44.2 Å². The van der Waals surface area contributed by atoms with Crippen molar-refractivity contribution in [1.82, 2.24) is 4.98 Å². The highest BCUT2D eigenvalue weighted by Gasteiger charge is 2.12. The zero-order valence-electron chi connectivity index (χ0n) is 10.2.